The lowest BCUT2D eigenvalue weighted by molar-refractivity contribution is 0.0753. The van der Waals surface area contributed by atoms with Crippen LogP contribution in [0, 0.1) is 6.92 Å². The van der Waals surface area contributed by atoms with Gasteiger partial charge in [0.2, 0.25) is 0 Å². The first-order chi connectivity index (χ1) is 11.6. The topological polar surface area (TPSA) is 62.5 Å². The molecule has 0 atom stereocenters. The number of hydrogen-bond donors (Lipinski definition) is 0. The second kappa shape index (κ2) is 7.44. The molecule has 1 aliphatic rings. The Balaban J connectivity index is 1.71. The summed E-state index contributed by atoms with van der Waals surface area (Å²) in [4.78, 5) is 17.8. The second-order valence-electron chi connectivity index (χ2n) is 6.34. The van der Waals surface area contributed by atoms with Crippen molar-refractivity contribution in [1.82, 2.24) is 19.4 Å². The molecule has 0 spiro atoms. The average molecular weight is 348 g/mol. The molecule has 6 nitrogen and oxygen atoms in total. The van der Waals surface area contributed by atoms with Gasteiger partial charge in [-0.15, -0.1) is 5.10 Å². The zero-order chi connectivity index (χ0) is 17.1. The highest BCUT2D eigenvalue weighted by Crippen LogP contribution is 2.22. The van der Waals surface area contributed by atoms with Crippen molar-refractivity contribution in [2.24, 2.45) is 0 Å². The molecule has 0 aromatic carbocycles. The van der Waals surface area contributed by atoms with Crippen LogP contribution in [0.5, 0.6) is 0 Å². The third-order valence-corrected chi connectivity index (χ3v) is 5.30. The predicted molar refractivity (Wildman–Crippen MR) is 93.0 cm³/mol. The standard InChI is InChI=1S/C17H24N4O2S/c1-4-14-13(10-21-7-5-6-8-21)9-15(23-14)17(22)20(3)11-16-12(2)18-19-24-16/h9H,4-8,10-11H2,1-3H3. The first-order valence-corrected chi connectivity index (χ1v) is 9.23. The molecule has 3 rings (SSSR count). The fraction of sp³-hybridized carbons (Fsp3) is 0.588. The van der Waals surface area contributed by atoms with Gasteiger partial charge in [0.05, 0.1) is 17.1 Å². The largest absolute Gasteiger partial charge is 0.456 e. The summed E-state index contributed by atoms with van der Waals surface area (Å²) in [5.74, 6) is 1.26. The van der Waals surface area contributed by atoms with Gasteiger partial charge in [-0.3, -0.25) is 9.69 Å². The summed E-state index contributed by atoms with van der Waals surface area (Å²) in [7, 11) is 1.79. The summed E-state index contributed by atoms with van der Waals surface area (Å²) in [5.41, 5.74) is 2.02. The number of hydrogen-bond acceptors (Lipinski definition) is 6. The molecular formula is C17H24N4O2S. The maximum Gasteiger partial charge on any atom is 0.289 e. The average Bonchev–Trinajstić information content (AvgIpc) is 3.30. The predicted octanol–water partition coefficient (Wildman–Crippen LogP) is 2.87. The minimum absolute atomic E-state index is 0.0924. The van der Waals surface area contributed by atoms with Crippen LogP contribution in [-0.2, 0) is 19.5 Å². The number of amides is 1. The van der Waals surface area contributed by atoms with Crippen LogP contribution in [0.3, 0.4) is 0 Å². The molecule has 0 bridgehead atoms. The van der Waals surface area contributed by atoms with Gasteiger partial charge in [-0.1, -0.05) is 11.4 Å². The summed E-state index contributed by atoms with van der Waals surface area (Å²) in [5, 5.41) is 3.99. The number of rotatable bonds is 6. The van der Waals surface area contributed by atoms with Gasteiger partial charge in [0.25, 0.3) is 5.91 Å². The normalized spacial score (nSPS) is 15.1. The monoisotopic (exact) mass is 348 g/mol. The van der Waals surface area contributed by atoms with Gasteiger partial charge in [-0.25, -0.2) is 0 Å². The Kier molecular flexibility index (Phi) is 5.30. The molecule has 130 valence electrons. The smallest absolute Gasteiger partial charge is 0.289 e. The van der Waals surface area contributed by atoms with Crippen LogP contribution in [0.25, 0.3) is 0 Å². The van der Waals surface area contributed by atoms with Crippen molar-refractivity contribution in [2.75, 3.05) is 20.1 Å². The van der Waals surface area contributed by atoms with E-state index in [1.54, 1.807) is 11.9 Å². The molecule has 7 heteroatoms. The number of carbonyl (C=O) groups is 1. The van der Waals surface area contributed by atoms with Crippen molar-refractivity contribution in [1.29, 1.82) is 0 Å². The maximum absolute atomic E-state index is 12.7. The quantitative estimate of drug-likeness (QED) is 0.803. The van der Waals surface area contributed by atoms with Crippen LogP contribution in [-0.4, -0.2) is 45.4 Å². The Morgan fingerprint density at radius 1 is 1.42 bits per heavy atom. The molecule has 0 N–H and O–H groups in total. The lowest BCUT2D eigenvalue weighted by Gasteiger charge is -2.14. The molecule has 0 aliphatic carbocycles. The Morgan fingerprint density at radius 3 is 2.79 bits per heavy atom. The number of nitrogens with zero attached hydrogens (tertiary/aromatic N) is 4. The van der Waals surface area contributed by atoms with Crippen molar-refractivity contribution < 1.29 is 9.21 Å². The SMILES string of the molecule is CCc1oc(C(=O)N(C)Cc2snnc2C)cc1CN1CCCC1. The fourth-order valence-electron chi connectivity index (χ4n) is 3.06. The zero-order valence-electron chi connectivity index (χ0n) is 14.5. The molecule has 0 saturated carbocycles. The van der Waals surface area contributed by atoms with Crippen molar-refractivity contribution in [3.05, 3.63) is 33.7 Å². The first-order valence-electron chi connectivity index (χ1n) is 8.45. The minimum Gasteiger partial charge on any atom is -0.456 e. The van der Waals surface area contributed by atoms with E-state index in [4.69, 9.17) is 4.42 Å². The molecule has 24 heavy (non-hydrogen) atoms. The summed E-state index contributed by atoms with van der Waals surface area (Å²) < 4.78 is 9.78. The second-order valence-corrected chi connectivity index (χ2v) is 7.18. The van der Waals surface area contributed by atoms with Crippen molar-refractivity contribution in [3.63, 3.8) is 0 Å². The van der Waals surface area contributed by atoms with E-state index in [9.17, 15) is 4.79 Å². The van der Waals surface area contributed by atoms with E-state index in [1.165, 1.54) is 24.4 Å². The molecule has 0 unspecified atom stereocenters. The lowest BCUT2D eigenvalue weighted by Crippen LogP contribution is -2.25. The van der Waals surface area contributed by atoms with Crippen LogP contribution < -0.4 is 0 Å². The highest BCUT2D eigenvalue weighted by atomic mass is 32.1. The number of carbonyl (C=O) groups excluding carboxylic acids is 1. The Hall–Kier alpha value is -1.73. The highest BCUT2D eigenvalue weighted by molar-refractivity contribution is 7.05. The van der Waals surface area contributed by atoms with Gasteiger partial charge >= 0.3 is 0 Å². The Bertz CT molecular complexity index is 703. The van der Waals surface area contributed by atoms with Crippen LogP contribution in [0.2, 0.25) is 0 Å². The van der Waals surface area contributed by atoms with E-state index in [0.717, 1.165) is 47.9 Å². The summed E-state index contributed by atoms with van der Waals surface area (Å²) in [6, 6.07) is 1.92. The number of aromatic nitrogens is 2. The molecule has 2 aromatic rings. The van der Waals surface area contributed by atoms with Gasteiger partial charge in [-0.05, 0) is 50.5 Å². The van der Waals surface area contributed by atoms with E-state index < -0.39 is 0 Å². The third-order valence-electron chi connectivity index (χ3n) is 4.49. The lowest BCUT2D eigenvalue weighted by atomic mass is 10.2. The molecule has 1 saturated heterocycles. The van der Waals surface area contributed by atoms with Gasteiger partial charge < -0.3 is 9.32 Å². The summed E-state index contributed by atoms with van der Waals surface area (Å²) in [6.45, 7) is 7.63. The van der Waals surface area contributed by atoms with Crippen molar-refractivity contribution in [2.45, 2.75) is 46.2 Å². The van der Waals surface area contributed by atoms with E-state index in [2.05, 4.69) is 21.4 Å². The molecule has 3 heterocycles. The number of likely N-dealkylation sites (tertiary alicyclic amines) is 1. The van der Waals surface area contributed by atoms with E-state index in [1.807, 2.05) is 13.0 Å². The van der Waals surface area contributed by atoms with Crippen LogP contribution in [0.4, 0.5) is 0 Å². The Labute approximate surface area is 146 Å². The van der Waals surface area contributed by atoms with Crippen molar-refractivity contribution >= 4 is 17.4 Å². The maximum atomic E-state index is 12.7. The molecule has 2 aromatic heterocycles. The highest BCUT2D eigenvalue weighted by Gasteiger charge is 2.22. The minimum atomic E-state index is -0.0924. The molecule has 1 aliphatic heterocycles. The zero-order valence-corrected chi connectivity index (χ0v) is 15.4. The summed E-state index contributed by atoms with van der Waals surface area (Å²) in [6.07, 6.45) is 3.32. The molecular weight excluding hydrogens is 324 g/mol. The van der Waals surface area contributed by atoms with E-state index >= 15 is 0 Å². The molecule has 1 fully saturated rings. The number of aryl methyl sites for hydroxylation is 2. The van der Waals surface area contributed by atoms with Gasteiger partial charge in [0.15, 0.2) is 5.76 Å². The first kappa shape index (κ1) is 17.1. The van der Waals surface area contributed by atoms with E-state index in [-0.39, 0.29) is 5.91 Å². The number of furan rings is 1. The van der Waals surface area contributed by atoms with Gasteiger partial charge in [0, 0.05) is 25.6 Å². The van der Waals surface area contributed by atoms with Gasteiger partial charge in [-0.2, -0.15) is 0 Å². The van der Waals surface area contributed by atoms with Crippen molar-refractivity contribution in [3.8, 4) is 0 Å². The molecule has 0 radical (unpaired) electrons. The summed E-state index contributed by atoms with van der Waals surface area (Å²) >= 11 is 1.33. The van der Waals surface area contributed by atoms with E-state index in [0.29, 0.717) is 12.3 Å². The van der Waals surface area contributed by atoms with Crippen LogP contribution >= 0.6 is 11.5 Å². The van der Waals surface area contributed by atoms with Gasteiger partial charge in [0.1, 0.15) is 5.76 Å². The third kappa shape index (κ3) is 3.67. The van der Waals surface area contributed by atoms with Crippen LogP contribution in [0.1, 0.15) is 52.2 Å². The Morgan fingerprint density at radius 2 is 2.17 bits per heavy atom. The fourth-order valence-corrected chi connectivity index (χ4v) is 3.74. The molecule has 1 amide bonds. The van der Waals surface area contributed by atoms with Crippen LogP contribution in [0.15, 0.2) is 10.5 Å².